The lowest BCUT2D eigenvalue weighted by atomic mass is 10.1. The summed E-state index contributed by atoms with van der Waals surface area (Å²) >= 11 is 12.6. The standard InChI is InChI=1S/C30H40Cl2N4O5/c1-22-11-12-25(20-28(22)36(24(3)38)21-41-29(39)10-7-13-33-23(2)37)40-19-5-4-14-34-15-17-35(18-16-34)27-9-6-8-26(31)30(27)32/h6,8-9,11-12,20H,4-5,7,10,13-19,21H2,1-3H3,(H,33,37). The summed E-state index contributed by atoms with van der Waals surface area (Å²) in [6.45, 7) is 10.3. The fourth-order valence-electron chi connectivity index (χ4n) is 4.58. The second kappa shape index (κ2) is 16.4. The Morgan fingerprint density at radius 3 is 2.46 bits per heavy atom. The topological polar surface area (TPSA) is 91.4 Å². The van der Waals surface area contributed by atoms with Gasteiger partial charge in [0.2, 0.25) is 11.8 Å². The number of nitrogens with one attached hydrogen (secondary N) is 1. The van der Waals surface area contributed by atoms with Crippen molar-refractivity contribution in [1.82, 2.24) is 10.2 Å². The predicted octanol–water partition coefficient (Wildman–Crippen LogP) is 5.05. The summed E-state index contributed by atoms with van der Waals surface area (Å²) in [5, 5.41) is 3.83. The zero-order valence-electron chi connectivity index (χ0n) is 24.1. The largest absolute Gasteiger partial charge is 0.494 e. The first-order valence-electron chi connectivity index (χ1n) is 14.0. The van der Waals surface area contributed by atoms with Crippen molar-refractivity contribution in [2.75, 3.05) is 62.4 Å². The third-order valence-corrected chi connectivity index (χ3v) is 7.73. The summed E-state index contributed by atoms with van der Waals surface area (Å²) in [6, 6.07) is 11.3. The summed E-state index contributed by atoms with van der Waals surface area (Å²) in [7, 11) is 0. The Labute approximate surface area is 252 Å². The van der Waals surface area contributed by atoms with Crippen LogP contribution in [-0.4, -0.2) is 75.3 Å². The van der Waals surface area contributed by atoms with Crippen LogP contribution in [0.1, 0.15) is 45.1 Å². The first-order chi connectivity index (χ1) is 19.7. The molecule has 0 aromatic heterocycles. The van der Waals surface area contributed by atoms with Gasteiger partial charge < -0.3 is 19.7 Å². The average molecular weight is 608 g/mol. The van der Waals surface area contributed by atoms with Gasteiger partial charge in [0.05, 0.1) is 28.0 Å². The number of benzene rings is 2. The number of nitrogens with zero attached hydrogens (tertiary/aromatic N) is 3. The molecule has 2 aromatic rings. The first-order valence-corrected chi connectivity index (χ1v) is 14.7. The molecular weight excluding hydrogens is 567 g/mol. The Bertz CT molecular complexity index is 1190. The zero-order valence-corrected chi connectivity index (χ0v) is 25.6. The van der Waals surface area contributed by atoms with Gasteiger partial charge in [-0.25, -0.2) is 0 Å². The fourth-order valence-corrected chi connectivity index (χ4v) is 5.00. The van der Waals surface area contributed by atoms with E-state index in [1.54, 1.807) is 6.07 Å². The molecule has 1 saturated heterocycles. The number of piperazine rings is 1. The van der Waals surface area contributed by atoms with Crippen LogP contribution in [0.15, 0.2) is 36.4 Å². The molecule has 2 aromatic carbocycles. The van der Waals surface area contributed by atoms with E-state index in [0.29, 0.717) is 41.1 Å². The number of ether oxygens (including phenoxy) is 2. The molecule has 41 heavy (non-hydrogen) atoms. The summed E-state index contributed by atoms with van der Waals surface area (Å²) in [4.78, 5) is 41.6. The second-order valence-electron chi connectivity index (χ2n) is 10.1. The van der Waals surface area contributed by atoms with Gasteiger partial charge in [-0.15, -0.1) is 0 Å². The van der Waals surface area contributed by atoms with Crippen LogP contribution >= 0.6 is 23.2 Å². The van der Waals surface area contributed by atoms with Crippen LogP contribution < -0.4 is 19.9 Å². The molecule has 1 aliphatic rings. The molecule has 1 N–H and O–H groups in total. The summed E-state index contributed by atoms with van der Waals surface area (Å²) in [5.74, 6) is -0.158. The number of amides is 2. The number of hydrogen-bond acceptors (Lipinski definition) is 7. The maximum Gasteiger partial charge on any atom is 0.307 e. The van der Waals surface area contributed by atoms with Crippen LogP contribution in [0.3, 0.4) is 0 Å². The minimum atomic E-state index is -0.429. The average Bonchev–Trinajstić information content (AvgIpc) is 2.94. The van der Waals surface area contributed by atoms with Gasteiger partial charge in [0.25, 0.3) is 0 Å². The van der Waals surface area contributed by atoms with Crippen molar-refractivity contribution in [3.8, 4) is 5.75 Å². The van der Waals surface area contributed by atoms with Crippen molar-refractivity contribution >= 4 is 52.4 Å². The molecule has 0 bridgehead atoms. The highest BCUT2D eigenvalue weighted by molar-refractivity contribution is 6.43. The van der Waals surface area contributed by atoms with E-state index in [1.165, 1.54) is 18.7 Å². The summed E-state index contributed by atoms with van der Waals surface area (Å²) in [5.41, 5.74) is 2.50. The van der Waals surface area contributed by atoms with Crippen molar-refractivity contribution in [3.05, 3.63) is 52.0 Å². The van der Waals surface area contributed by atoms with E-state index in [1.807, 2.05) is 37.3 Å². The number of unbranched alkanes of at least 4 members (excludes halogenated alkanes) is 1. The van der Waals surface area contributed by atoms with E-state index in [9.17, 15) is 14.4 Å². The fraction of sp³-hybridized carbons (Fsp3) is 0.500. The number of carbonyl (C=O) groups excluding carboxylic acids is 3. The van der Waals surface area contributed by atoms with E-state index in [2.05, 4.69) is 15.1 Å². The monoisotopic (exact) mass is 606 g/mol. The van der Waals surface area contributed by atoms with Crippen molar-refractivity contribution in [3.63, 3.8) is 0 Å². The van der Waals surface area contributed by atoms with Gasteiger partial charge in [-0.2, -0.15) is 0 Å². The molecule has 0 radical (unpaired) electrons. The van der Waals surface area contributed by atoms with Crippen molar-refractivity contribution in [2.45, 2.75) is 46.5 Å². The lowest BCUT2D eigenvalue weighted by Crippen LogP contribution is -2.46. The smallest absolute Gasteiger partial charge is 0.307 e. The maximum atomic E-state index is 12.4. The van der Waals surface area contributed by atoms with E-state index < -0.39 is 5.97 Å². The third-order valence-electron chi connectivity index (χ3n) is 6.92. The van der Waals surface area contributed by atoms with Gasteiger partial charge in [-0.05, 0) is 56.5 Å². The first kappa shape index (κ1) is 32.5. The number of carbonyl (C=O) groups is 3. The second-order valence-corrected chi connectivity index (χ2v) is 10.9. The Balaban J connectivity index is 1.40. The number of aryl methyl sites for hydroxylation is 1. The van der Waals surface area contributed by atoms with Crippen molar-refractivity contribution < 1.29 is 23.9 Å². The van der Waals surface area contributed by atoms with E-state index >= 15 is 0 Å². The molecule has 1 heterocycles. The highest BCUT2D eigenvalue weighted by atomic mass is 35.5. The predicted molar refractivity (Wildman–Crippen MR) is 163 cm³/mol. The Morgan fingerprint density at radius 1 is 1.00 bits per heavy atom. The molecule has 224 valence electrons. The highest BCUT2D eigenvalue weighted by Gasteiger charge is 2.20. The van der Waals surface area contributed by atoms with E-state index in [4.69, 9.17) is 32.7 Å². The lowest BCUT2D eigenvalue weighted by molar-refractivity contribution is -0.144. The maximum absolute atomic E-state index is 12.4. The molecule has 9 nitrogen and oxygen atoms in total. The molecule has 0 atom stereocenters. The highest BCUT2D eigenvalue weighted by Crippen LogP contribution is 2.33. The van der Waals surface area contributed by atoms with Gasteiger partial charge in [-0.3, -0.25) is 24.2 Å². The van der Waals surface area contributed by atoms with Crippen molar-refractivity contribution in [2.24, 2.45) is 0 Å². The normalized spacial score (nSPS) is 13.5. The van der Waals surface area contributed by atoms with Crippen LogP contribution in [0.2, 0.25) is 10.0 Å². The number of hydrogen-bond donors (Lipinski definition) is 1. The molecule has 3 rings (SSSR count). The van der Waals surface area contributed by atoms with E-state index in [0.717, 1.165) is 56.8 Å². The molecule has 0 aliphatic carbocycles. The number of rotatable bonds is 14. The molecule has 1 fully saturated rings. The van der Waals surface area contributed by atoms with Gasteiger partial charge in [0, 0.05) is 59.1 Å². The Morgan fingerprint density at radius 2 is 1.76 bits per heavy atom. The summed E-state index contributed by atoms with van der Waals surface area (Å²) in [6.07, 6.45) is 2.53. The Hall–Kier alpha value is -3.01. The van der Waals surface area contributed by atoms with Gasteiger partial charge in [0.1, 0.15) is 5.75 Å². The van der Waals surface area contributed by atoms with E-state index in [-0.39, 0.29) is 25.0 Å². The minimum Gasteiger partial charge on any atom is -0.494 e. The number of anilines is 2. The molecule has 1 aliphatic heterocycles. The molecule has 0 saturated carbocycles. The van der Waals surface area contributed by atoms with Crippen molar-refractivity contribution in [1.29, 1.82) is 0 Å². The molecule has 0 unspecified atom stereocenters. The van der Waals surface area contributed by atoms with Gasteiger partial charge in [-0.1, -0.05) is 35.3 Å². The number of halogens is 2. The molecule has 0 spiro atoms. The molecule has 2 amide bonds. The van der Waals surface area contributed by atoms with Gasteiger partial charge in [0.15, 0.2) is 6.73 Å². The van der Waals surface area contributed by atoms with Crippen LogP contribution in [0.4, 0.5) is 11.4 Å². The zero-order chi connectivity index (χ0) is 29.8. The quantitative estimate of drug-likeness (QED) is 0.183. The van der Waals surface area contributed by atoms with Gasteiger partial charge >= 0.3 is 5.97 Å². The lowest BCUT2D eigenvalue weighted by Gasteiger charge is -2.36. The minimum absolute atomic E-state index is 0.145. The molecular formula is C30H40Cl2N4O5. The molecule has 11 heteroatoms. The summed E-state index contributed by atoms with van der Waals surface area (Å²) < 4.78 is 11.3. The van der Waals surface area contributed by atoms with Crippen LogP contribution in [0, 0.1) is 6.92 Å². The van der Waals surface area contributed by atoms with Crippen LogP contribution in [0.25, 0.3) is 0 Å². The Kier molecular flexibility index (Phi) is 13.0. The number of esters is 1. The third kappa shape index (κ3) is 10.4. The van der Waals surface area contributed by atoms with Crippen LogP contribution in [0.5, 0.6) is 5.75 Å². The van der Waals surface area contributed by atoms with Crippen LogP contribution in [-0.2, 0) is 19.1 Å². The SMILES string of the molecule is CC(=O)NCCCC(=O)OCN(C(C)=O)c1cc(OCCCCN2CCN(c3cccc(Cl)c3Cl)CC2)ccc1C.